The number of pyridine rings is 1. The van der Waals surface area contributed by atoms with Gasteiger partial charge in [-0.25, -0.2) is 8.42 Å². The summed E-state index contributed by atoms with van der Waals surface area (Å²) in [6.45, 7) is 1.53. The van der Waals surface area contributed by atoms with Gasteiger partial charge in [-0.3, -0.25) is 9.78 Å². The minimum Gasteiger partial charge on any atom is -0.487 e. The summed E-state index contributed by atoms with van der Waals surface area (Å²) in [5.41, 5.74) is 0. The van der Waals surface area contributed by atoms with Crippen molar-refractivity contribution in [1.82, 2.24) is 14.2 Å². The van der Waals surface area contributed by atoms with E-state index in [4.69, 9.17) is 4.74 Å². The van der Waals surface area contributed by atoms with Gasteiger partial charge in [0.15, 0.2) is 0 Å². The number of sulfonamides is 1. The first-order chi connectivity index (χ1) is 13.1. The van der Waals surface area contributed by atoms with Crippen LogP contribution in [-0.2, 0) is 14.8 Å². The first-order valence-electron chi connectivity index (χ1n) is 8.96. The highest BCUT2D eigenvalue weighted by Gasteiger charge is 2.46. The molecule has 4 rings (SSSR count). The molecule has 0 bridgehead atoms. The SMILES string of the molecule is O=C([C@@H]1C[C@H](Oc2cccnc2)CN1S(=O)(=O)c1cccs1)N1CCCC1. The van der Waals surface area contributed by atoms with Gasteiger partial charge in [0.05, 0.1) is 12.7 Å². The van der Waals surface area contributed by atoms with Gasteiger partial charge < -0.3 is 9.64 Å². The minimum absolute atomic E-state index is 0.120. The molecule has 1 amide bonds. The Morgan fingerprint density at radius 3 is 2.70 bits per heavy atom. The number of thiophene rings is 1. The lowest BCUT2D eigenvalue weighted by Gasteiger charge is -2.26. The largest absolute Gasteiger partial charge is 0.487 e. The first kappa shape index (κ1) is 18.4. The zero-order valence-electron chi connectivity index (χ0n) is 14.7. The Morgan fingerprint density at radius 1 is 1.22 bits per heavy atom. The van der Waals surface area contributed by atoms with Crippen LogP contribution in [0.4, 0.5) is 0 Å². The topological polar surface area (TPSA) is 79.8 Å². The number of aromatic nitrogens is 1. The van der Waals surface area contributed by atoms with E-state index in [2.05, 4.69) is 4.98 Å². The van der Waals surface area contributed by atoms with E-state index >= 15 is 0 Å². The van der Waals surface area contributed by atoms with Crippen LogP contribution in [0.25, 0.3) is 0 Å². The van der Waals surface area contributed by atoms with E-state index in [0.29, 0.717) is 25.3 Å². The molecule has 2 aromatic heterocycles. The van der Waals surface area contributed by atoms with Gasteiger partial charge in [-0.05, 0) is 36.4 Å². The van der Waals surface area contributed by atoms with Crippen LogP contribution in [0.3, 0.4) is 0 Å². The van der Waals surface area contributed by atoms with Gasteiger partial charge in [0.25, 0.3) is 10.0 Å². The lowest BCUT2D eigenvalue weighted by atomic mass is 10.2. The second-order valence-corrected chi connectivity index (χ2v) is 9.78. The van der Waals surface area contributed by atoms with Crippen LogP contribution in [0.15, 0.2) is 46.2 Å². The van der Waals surface area contributed by atoms with Crippen molar-refractivity contribution in [2.75, 3.05) is 19.6 Å². The molecule has 0 N–H and O–H groups in total. The molecular formula is C18H21N3O4S2. The zero-order chi connectivity index (χ0) is 18.9. The molecule has 27 heavy (non-hydrogen) atoms. The second-order valence-electron chi connectivity index (χ2n) is 6.72. The number of ether oxygens (including phenoxy) is 1. The van der Waals surface area contributed by atoms with Crippen molar-refractivity contribution < 1.29 is 17.9 Å². The number of amides is 1. The Labute approximate surface area is 162 Å². The number of carbonyl (C=O) groups excluding carboxylic acids is 1. The number of likely N-dealkylation sites (tertiary alicyclic amines) is 1. The summed E-state index contributed by atoms with van der Waals surface area (Å²) in [5.74, 6) is 0.454. The number of hydrogen-bond acceptors (Lipinski definition) is 6. The van der Waals surface area contributed by atoms with E-state index in [1.165, 1.54) is 4.31 Å². The summed E-state index contributed by atoms with van der Waals surface area (Å²) in [6.07, 6.45) is 5.12. The van der Waals surface area contributed by atoms with Crippen molar-refractivity contribution in [3.63, 3.8) is 0 Å². The average Bonchev–Trinajstić information content (AvgIpc) is 3.42. The third-order valence-corrected chi connectivity index (χ3v) is 8.16. The van der Waals surface area contributed by atoms with Gasteiger partial charge in [-0.2, -0.15) is 4.31 Å². The quantitative estimate of drug-likeness (QED) is 0.757. The Morgan fingerprint density at radius 2 is 2.04 bits per heavy atom. The fourth-order valence-electron chi connectivity index (χ4n) is 3.63. The third-order valence-electron chi connectivity index (χ3n) is 4.92. The van der Waals surface area contributed by atoms with Gasteiger partial charge in [-0.15, -0.1) is 11.3 Å². The molecule has 9 heteroatoms. The maximum atomic E-state index is 13.1. The van der Waals surface area contributed by atoms with Crippen molar-refractivity contribution in [2.45, 2.75) is 35.6 Å². The number of carbonyl (C=O) groups is 1. The Bertz CT molecular complexity index is 881. The number of nitrogens with zero attached hydrogens (tertiary/aromatic N) is 3. The summed E-state index contributed by atoms with van der Waals surface area (Å²) in [5, 5.41) is 1.73. The van der Waals surface area contributed by atoms with E-state index in [1.54, 1.807) is 46.9 Å². The van der Waals surface area contributed by atoms with E-state index in [9.17, 15) is 13.2 Å². The van der Waals surface area contributed by atoms with Crippen LogP contribution in [0.5, 0.6) is 5.75 Å². The molecule has 2 fully saturated rings. The van der Waals surface area contributed by atoms with Crippen molar-refractivity contribution in [3.05, 3.63) is 42.0 Å². The standard InChI is InChI=1S/C18H21N3O4S2/c22-18(20-8-1-2-9-20)16-11-15(25-14-5-3-7-19-12-14)13-21(16)27(23,24)17-6-4-10-26-17/h3-7,10,12,15-16H,1-2,8-9,11,13H2/t15-,16-/m0/s1. The predicted octanol–water partition coefficient (Wildman–Crippen LogP) is 1.98. The van der Waals surface area contributed by atoms with Crippen molar-refractivity contribution in [1.29, 1.82) is 0 Å². The first-order valence-corrected chi connectivity index (χ1v) is 11.3. The summed E-state index contributed by atoms with van der Waals surface area (Å²) in [6, 6.07) is 6.09. The minimum atomic E-state index is -3.74. The Hall–Kier alpha value is -1.97. The van der Waals surface area contributed by atoms with Crippen LogP contribution in [0, 0.1) is 0 Å². The summed E-state index contributed by atoms with van der Waals surface area (Å²) < 4.78 is 33.7. The maximum absolute atomic E-state index is 13.1. The van der Waals surface area contributed by atoms with Crippen molar-refractivity contribution >= 4 is 27.3 Å². The number of rotatable bonds is 5. The van der Waals surface area contributed by atoms with Gasteiger partial charge in [0.1, 0.15) is 22.1 Å². The molecule has 2 aromatic rings. The molecule has 2 aliphatic rings. The van der Waals surface area contributed by atoms with Crippen LogP contribution >= 0.6 is 11.3 Å². The number of hydrogen-bond donors (Lipinski definition) is 0. The van der Waals surface area contributed by atoms with Gasteiger partial charge in [0, 0.05) is 25.7 Å². The normalized spacial score (nSPS) is 23.6. The van der Waals surface area contributed by atoms with Crippen LogP contribution in [0.1, 0.15) is 19.3 Å². The molecule has 7 nitrogen and oxygen atoms in total. The molecular weight excluding hydrogens is 386 g/mol. The van der Waals surface area contributed by atoms with Crippen LogP contribution < -0.4 is 4.74 Å². The fourth-order valence-corrected chi connectivity index (χ4v) is 6.37. The molecule has 0 radical (unpaired) electrons. The van der Waals surface area contributed by atoms with Crippen molar-refractivity contribution in [2.24, 2.45) is 0 Å². The molecule has 0 unspecified atom stereocenters. The highest BCUT2D eigenvalue weighted by Crippen LogP contribution is 2.32. The highest BCUT2D eigenvalue weighted by atomic mass is 32.2. The monoisotopic (exact) mass is 407 g/mol. The van der Waals surface area contributed by atoms with E-state index < -0.39 is 16.1 Å². The van der Waals surface area contributed by atoms with E-state index in [-0.39, 0.29) is 22.8 Å². The van der Waals surface area contributed by atoms with Gasteiger partial charge in [0.2, 0.25) is 5.91 Å². The lowest BCUT2D eigenvalue weighted by molar-refractivity contribution is -0.133. The van der Waals surface area contributed by atoms with Crippen LogP contribution in [-0.4, -0.2) is 60.3 Å². The summed E-state index contributed by atoms with van der Waals surface area (Å²) in [4.78, 5) is 18.8. The smallest absolute Gasteiger partial charge is 0.253 e. The third kappa shape index (κ3) is 3.71. The van der Waals surface area contributed by atoms with E-state index in [0.717, 1.165) is 24.2 Å². The molecule has 0 aromatic carbocycles. The van der Waals surface area contributed by atoms with Gasteiger partial charge >= 0.3 is 0 Å². The fraction of sp³-hybridized carbons (Fsp3) is 0.444. The van der Waals surface area contributed by atoms with E-state index in [1.807, 2.05) is 0 Å². The maximum Gasteiger partial charge on any atom is 0.253 e. The highest BCUT2D eigenvalue weighted by molar-refractivity contribution is 7.91. The molecule has 144 valence electrons. The average molecular weight is 408 g/mol. The van der Waals surface area contributed by atoms with Crippen molar-refractivity contribution in [3.8, 4) is 5.75 Å². The molecule has 2 atom stereocenters. The Balaban J connectivity index is 1.60. The molecule has 0 saturated carbocycles. The summed E-state index contributed by atoms with van der Waals surface area (Å²) in [7, 11) is -3.74. The molecule has 2 aliphatic heterocycles. The zero-order valence-corrected chi connectivity index (χ0v) is 16.4. The molecule has 4 heterocycles. The second kappa shape index (κ2) is 7.57. The Kier molecular flexibility index (Phi) is 5.16. The summed E-state index contributed by atoms with van der Waals surface area (Å²) >= 11 is 1.16. The molecule has 0 aliphatic carbocycles. The van der Waals surface area contributed by atoms with Crippen LogP contribution in [0.2, 0.25) is 0 Å². The lowest BCUT2D eigenvalue weighted by Crippen LogP contribution is -2.46. The predicted molar refractivity (Wildman–Crippen MR) is 101 cm³/mol. The molecule has 2 saturated heterocycles. The molecule has 0 spiro atoms. The van der Waals surface area contributed by atoms with Gasteiger partial charge in [-0.1, -0.05) is 6.07 Å².